The topological polar surface area (TPSA) is 61.7 Å². The number of imidazole rings is 1. The molecule has 2 atom stereocenters. The molecular formula is C27H33N5O2. The summed E-state index contributed by atoms with van der Waals surface area (Å²) in [6.45, 7) is 9.40. The first-order valence-electron chi connectivity index (χ1n) is 12.3. The smallest absolute Gasteiger partial charge is 0.253 e. The first-order chi connectivity index (χ1) is 16.5. The molecule has 3 heterocycles. The predicted octanol–water partition coefficient (Wildman–Crippen LogP) is 3.29. The minimum Gasteiger partial charge on any atom is -0.341 e. The average molecular weight is 460 g/mol. The van der Waals surface area contributed by atoms with Crippen molar-refractivity contribution in [3.63, 3.8) is 0 Å². The number of fused-ring (bicyclic) bond motifs is 1. The van der Waals surface area contributed by atoms with E-state index in [2.05, 4.69) is 23.7 Å². The molecule has 2 aromatic carbocycles. The van der Waals surface area contributed by atoms with Crippen LogP contribution in [0.4, 0.5) is 0 Å². The number of hydrogen-bond donors (Lipinski definition) is 0. The molecule has 0 bridgehead atoms. The molecule has 34 heavy (non-hydrogen) atoms. The lowest BCUT2D eigenvalue weighted by atomic mass is 9.92. The minimum absolute atomic E-state index is 0.0479. The summed E-state index contributed by atoms with van der Waals surface area (Å²) in [5, 5.41) is 0. The quantitative estimate of drug-likeness (QED) is 0.601. The maximum Gasteiger partial charge on any atom is 0.253 e. The summed E-state index contributed by atoms with van der Waals surface area (Å²) in [6, 6.07) is 15.7. The maximum absolute atomic E-state index is 13.1. The van der Waals surface area contributed by atoms with E-state index in [0.29, 0.717) is 37.0 Å². The Hall–Kier alpha value is -3.19. The average Bonchev–Trinajstić information content (AvgIpc) is 3.28. The van der Waals surface area contributed by atoms with Crippen LogP contribution in [-0.2, 0) is 4.79 Å². The van der Waals surface area contributed by atoms with Crippen molar-refractivity contribution in [3.05, 3.63) is 60.4 Å². The fourth-order valence-electron chi connectivity index (χ4n) is 5.38. The van der Waals surface area contributed by atoms with Crippen molar-refractivity contribution < 1.29 is 9.59 Å². The van der Waals surface area contributed by atoms with Crippen LogP contribution in [0.15, 0.2) is 54.9 Å². The third-order valence-corrected chi connectivity index (χ3v) is 7.09. The van der Waals surface area contributed by atoms with Gasteiger partial charge in [-0.1, -0.05) is 26.0 Å². The molecule has 7 heteroatoms. The number of para-hydroxylation sites is 2. The standard InChI is InChI=1S/C27H33N5O2/c1-20-15-21(2)17-31(16-20)26(33)18-29-11-13-30(14-12-29)27(34)22-7-9-23(10-8-22)32-19-28-24-5-3-4-6-25(24)32/h3-10,19-21H,11-18H2,1-2H3/t20-,21-/m0/s1. The summed E-state index contributed by atoms with van der Waals surface area (Å²) in [7, 11) is 0. The van der Waals surface area contributed by atoms with Crippen molar-refractivity contribution in [2.75, 3.05) is 45.8 Å². The molecule has 2 fully saturated rings. The van der Waals surface area contributed by atoms with E-state index in [-0.39, 0.29) is 11.8 Å². The second kappa shape index (κ2) is 9.58. The molecule has 0 aliphatic carbocycles. The maximum atomic E-state index is 13.1. The zero-order chi connectivity index (χ0) is 23.7. The van der Waals surface area contributed by atoms with Crippen LogP contribution in [0.5, 0.6) is 0 Å². The SMILES string of the molecule is C[C@H]1C[C@H](C)CN(C(=O)CN2CCN(C(=O)c3ccc(-n4cnc5ccccc54)cc3)CC2)C1. The summed E-state index contributed by atoms with van der Waals surface area (Å²) in [5.41, 5.74) is 3.66. The molecule has 5 rings (SSSR count). The Kier molecular flexibility index (Phi) is 6.37. The number of rotatable bonds is 4. The Morgan fingerprint density at radius 2 is 1.56 bits per heavy atom. The summed E-state index contributed by atoms with van der Waals surface area (Å²) < 4.78 is 2.03. The fourth-order valence-corrected chi connectivity index (χ4v) is 5.38. The normalized spacial score (nSPS) is 21.7. The molecule has 1 aromatic heterocycles. The van der Waals surface area contributed by atoms with Crippen LogP contribution in [0, 0.1) is 11.8 Å². The Morgan fingerprint density at radius 3 is 2.26 bits per heavy atom. The van der Waals surface area contributed by atoms with E-state index in [1.807, 2.05) is 69.2 Å². The number of benzene rings is 2. The van der Waals surface area contributed by atoms with Crippen molar-refractivity contribution in [2.45, 2.75) is 20.3 Å². The highest BCUT2D eigenvalue weighted by Crippen LogP contribution is 2.22. The van der Waals surface area contributed by atoms with Gasteiger partial charge in [-0.05, 0) is 54.7 Å². The van der Waals surface area contributed by atoms with Gasteiger partial charge in [0.15, 0.2) is 0 Å². The van der Waals surface area contributed by atoms with Crippen molar-refractivity contribution in [1.82, 2.24) is 24.3 Å². The van der Waals surface area contributed by atoms with Gasteiger partial charge in [0.1, 0.15) is 6.33 Å². The molecule has 0 N–H and O–H groups in total. The fraction of sp³-hybridized carbons (Fsp3) is 0.444. The van der Waals surface area contributed by atoms with Crippen LogP contribution < -0.4 is 0 Å². The molecule has 7 nitrogen and oxygen atoms in total. The molecule has 0 spiro atoms. The Labute approximate surface area is 201 Å². The molecule has 2 aliphatic rings. The Morgan fingerprint density at radius 1 is 0.882 bits per heavy atom. The summed E-state index contributed by atoms with van der Waals surface area (Å²) >= 11 is 0. The first-order valence-corrected chi connectivity index (χ1v) is 12.3. The van der Waals surface area contributed by atoms with Gasteiger partial charge >= 0.3 is 0 Å². The molecule has 2 aliphatic heterocycles. The van der Waals surface area contributed by atoms with E-state index in [4.69, 9.17) is 0 Å². The van der Waals surface area contributed by atoms with Gasteiger partial charge in [0.05, 0.1) is 17.6 Å². The van der Waals surface area contributed by atoms with Crippen molar-refractivity contribution >= 4 is 22.8 Å². The second-order valence-corrected chi connectivity index (χ2v) is 9.96. The summed E-state index contributed by atoms with van der Waals surface area (Å²) in [6.07, 6.45) is 3.01. The number of aromatic nitrogens is 2. The molecule has 0 unspecified atom stereocenters. The van der Waals surface area contributed by atoms with Crippen LogP contribution >= 0.6 is 0 Å². The van der Waals surface area contributed by atoms with E-state index in [9.17, 15) is 9.59 Å². The van der Waals surface area contributed by atoms with Crippen molar-refractivity contribution in [1.29, 1.82) is 0 Å². The molecule has 0 saturated carbocycles. The van der Waals surface area contributed by atoms with Crippen LogP contribution in [0.1, 0.15) is 30.6 Å². The van der Waals surface area contributed by atoms with E-state index in [0.717, 1.165) is 42.9 Å². The lowest BCUT2D eigenvalue weighted by Gasteiger charge is -2.38. The lowest BCUT2D eigenvalue weighted by Crippen LogP contribution is -2.53. The highest BCUT2D eigenvalue weighted by atomic mass is 16.2. The monoisotopic (exact) mass is 459 g/mol. The number of piperazine rings is 1. The molecule has 178 valence electrons. The number of nitrogens with zero attached hydrogens (tertiary/aromatic N) is 5. The number of amides is 2. The first kappa shape index (κ1) is 22.6. The van der Waals surface area contributed by atoms with Gasteiger partial charge < -0.3 is 9.80 Å². The van der Waals surface area contributed by atoms with Gasteiger partial charge in [0, 0.05) is 50.5 Å². The van der Waals surface area contributed by atoms with Gasteiger partial charge in [0.25, 0.3) is 5.91 Å². The van der Waals surface area contributed by atoms with Crippen LogP contribution in [0.2, 0.25) is 0 Å². The summed E-state index contributed by atoms with van der Waals surface area (Å²) in [4.78, 5) is 36.4. The van der Waals surface area contributed by atoms with Gasteiger partial charge in [0.2, 0.25) is 5.91 Å². The second-order valence-electron chi connectivity index (χ2n) is 9.96. The van der Waals surface area contributed by atoms with Gasteiger partial charge in [-0.25, -0.2) is 4.98 Å². The van der Waals surface area contributed by atoms with Gasteiger partial charge in [-0.15, -0.1) is 0 Å². The Balaban J connectivity index is 1.16. The molecule has 2 amide bonds. The molecular weight excluding hydrogens is 426 g/mol. The predicted molar refractivity (Wildman–Crippen MR) is 133 cm³/mol. The lowest BCUT2D eigenvalue weighted by molar-refractivity contribution is -0.135. The highest BCUT2D eigenvalue weighted by molar-refractivity contribution is 5.94. The largest absolute Gasteiger partial charge is 0.341 e. The number of piperidine rings is 1. The van der Waals surface area contributed by atoms with E-state index >= 15 is 0 Å². The van der Waals surface area contributed by atoms with Crippen LogP contribution in [0.3, 0.4) is 0 Å². The Bertz CT molecular complexity index is 1150. The molecule has 2 saturated heterocycles. The number of likely N-dealkylation sites (tertiary alicyclic amines) is 1. The number of hydrogen-bond acceptors (Lipinski definition) is 4. The van der Waals surface area contributed by atoms with E-state index in [1.54, 1.807) is 0 Å². The minimum atomic E-state index is 0.0479. The highest BCUT2D eigenvalue weighted by Gasteiger charge is 2.28. The number of carbonyl (C=O) groups is 2. The summed E-state index contributed by atoms with van der Waals surface area (Å²) in [5.74, 6) is 1.41. The van der Waals surface area contributed by atoms with E-state index in [1.165, 1.54) is 6.42 Å². The number of carbonyl (C=O) groups excluding carboxylic acids is 2. The van der Waals surface area contributed by atoms with Crippen molar-refractivity contribution in [2.24, 2.45) is 11.8 Å². The van der Waals surface area contributed by atoms with Crippen LogP contribution in [-0.4, -0.2) is 81.9 Å². The van der Waals surface area contributed by atoms with Gasteiger partial charge in [-0.3, -0.25) is 19.1 Å². The van der Waals surface area contributed by atoms with Crippen LogP contribution in [0.25, 0.3) is 16.7 Å². The zero-order valence-corrected chi connectivity index (χ0v) is 20.1. The molecule has 0 radical (unpaired) electrons. The third-order valence-electron chi connectivity index (χ3n) is 7.09. The van der Waals surface area contributed by atoms with Crippen molar-refractivity contribution in [3.8, 4) is 5.69 Å². The van der Waals surface area contributed by atoms with Gasteiger partial charge in [-0.2, -0.15) is 0 Å². The molecule has 3 aromatic rings. The zero-order valence-electron chi connectivity index (χ0n) is 20.1. The van der Waals surface area contributed by atoms with E-state index < -0.39 is 0 Å². The third kappa shape index (κ3) is 4.71.